The van der Waals surface area contributed by atoms with Crippen molar-refractivity contribution in [2.24, 2.45) is 5.92 Å². The predicted octanol–water partition coefficient (Wildman–Crippen LogP) is 3.53. The van der Waals surface area contributed by atoms with Crippen LogP contribution in [0, 0.1) is 17.2 Å². The van der Waals surface area contributed by atoms with Crippen molar-refractivity contribution in [3.8, 4) is 6.07 Å². The van der Waals surface area contributed by atoms with Gasteiger partial charge in [-0.25, -0.2) is 0 Å². The number of nitriles is 1. The zero-order chi connectivity index (χ0) is 12.3. The van der Waals surface area contributed by atoms with Gasteiger partial charge in [0.15, 0.2) is 0 Å². The molecule has 1 aliphatic rings. The molecule has 0 saturated heterocycles. The minimum absolute atomic E-state index is 0.0614. The molecule has 17 heavy (non-hydrogen) atoms. The highest BCUT2D eigenvalue weighted by Crippen LogP contribution is 2.32. The van der Waals surface area contributed by atoms with Crippen molar-refractivity contribution in [3.63, 3.8) is 0 Å². The molecule has 2 nitrogen and oxygen atoms in total. The van der Waals surface area contributed by atoms with Crippen molar-refractivity contribution < 1.29 is 4.21 Å². The van der Waals surface area contributed by atoms with E-state index < -0.39 is 10.8 Å². The quantitative estimate of drug-likeness (QED) is 0.822. The molecule has 3 unspecified atom stereocenters. The summed E-state index contributed by atoms with van der Waals surface area (Å²) in [5, 5.41) is 9.58. The van der Waals surface area contributed by atoms with Crippen LogP contribution in [-0.4, -0.2) is 9.46 Å². The average molecular weight is 268 g/mol. The van der Waals surface area contributed by atoms with Gasteiger partial charge in [0, 0.05) is 0 Å². The first-order valence-electron chi connectivity index (χ1n) is 5.78. The van der Waals surface area contributed by atoms with E-state index in [1.54, 1.807) is 12.1 Å². The molecule has 0 amide bonds. The van der Waals surface area contributed by atoms with Gasteiger partial charge in [-0.3, -0.25) is 4.21 Å². The Hall–Kier alpha value is -0.850. The summed E-state index contributed by atoms with van der Waals surface area (Å²) in [5.41, 5.74) is 0. The summed E-state index contributed by atoms with van der Waals surface area (Å²) < 4.78 is 12.5. The third-order valence-corrected chi connectivity index (χ3v) is 5.54. The summed E-state index contributed by atoms with van der Waals surface area (Å²) in [5.74, 6) is -0.0964. The van der Waals surface area contributed by atoms with Gasteiger partial charge in [-0.05, 0) is 25.0 Å². The highest BCUT2D eigenvalue weighted by molar-refractivity contribution is 7.85. The highest BCUT2D eigenvalue weighted by atomic mass is 35.5. The molecule has 1 fully saturated rings. The lowest BCUT2D eigenvalue weighted by Gasteiger charge is -2.26. The topological polar surface area (TPSA) is 40.9 Å². The standard InChI is InChI=1S/C13H14ClNOS/c14-11-6-2-4-8-13(11)17(16)12-7-3-1-5-10(12)9-15/h2,4,6,8,10,12H,1,3,5,7H2. The molecule has 0 bridgehead atoms. The van der Waals surface area contributed by atoms with Gasteiger partial charge < -0.3 is 0 Å². The molecule has 0 aliphatic heterocycles. The van der Waals surface area contributed by atoms with E-state index in [0.717, 1.165) is 25.7 Å². The zero-order valence-corrected chi connectivity index (χ0v) is 11.0. The minimum Gasteiger partial charge on any atom is -0.254 e. The summed E-state index contributed by atoms with van der Waals surface area (Å²) in [6, 6.07) is 9.49. The van der Waals surface area contributed by atoms with E-state index in [2.05, 4.69) is 6.07 Å². The Morgan fingerprint density at radius 1 is 1.29 bits per heavy atom. The number of halogens is 1. The summed E-state index contributed by atoms with van der Waals surface area (Å²) in [6.07, 6.45) is 3.83. The Morgan fingerprint density at radius 3 is 2.71 bits per heavy atom. The van der Waals surface area contributed by atoms with Crippen LogP contribution in [0.25, 0.3) is 0 Å². The van der Waals surface area contributed by atoms with Crippen LogP contribution in [-0.2, 0) is 10.8 Å². The van der Waals surface area contributed by atoms with Crippen LogP contribution in [0.1, 0.15) is 25.7 Å². The van der Waals surface area contributed by atoms with Crippen LogP contribution >= 0.6 is 11.6 Å². The molecular weight excluding hydrogens is 254 g/mol. The van der Waals surface area contributed by atoms with Crippen LogP contribution in [0.3, 0.4) is 0 Å². The van der Waals surface area contributed by atoms with Gasteiger partial charge in [0.25, 0.3) is 0 Å². The molecule has 0 aromatic heterocycles. The van der Waals surface area contributed by atoms with Crippen LogP contribution < -0.4 is 0 Å². The third kappa shape index (κ3) is 2.70. The number of benzene rings is 1. The van der Waals surface area contributed by atoms with E-state index >= 15 is 0 Å². The fourth-order valence-corrected chi connectivity index (χ4v) is 4.31. The minimum atomic E-state index is -1.17. The maximum absolute atomic E-state index is 12.5. The Bertz CT molecular complexity index is 469. The van der Waals surface area contributed by atoms with Gasteiger partial charge in [0.1, 0.15) is 0 Å². The number of nitrogens with zero attached hydrogens (tertiary/aromatic N) is 1. The Morgan fingerprint density at radius 2 is 2.00 bits per heavy atom. The lowest BCUT2D eigenvalue weighted by molar-refractivity contribution is 0.431. The SMILES string of the molecule is N#CC1CCCCC1S(=O)c1ccccc1Cl. The summed E-state index contributed by atoms with van der Waals surface area (Å²) in [4.78, 5) is 0.668. The van der Waals surface area contributed by atoms with E-state index in [0.29, 0.717) is 9.92 Å². The van der Waals surface area contributed by atoms with Crippen molar-refractivity contribution in [2.45, 2.75) is 35.8 Å². The number of hydrogen-bond donors (Lipinski definition) is 0. The first kappa shape index (κ1) is 12.6. The van der Waals surface area contributed by atoms with Gasteiger partial charge in [-0.1, -0.05) is 36.6 Å². The second-order valence-corrected chi connectivity index (χ2v) is 6.33. The molecule has 2 rings (SSSR count). The Balaban J connectivity index is 2.25. The van der Waals surface area contributed by atoms with Gasteiger partial charge in [-0.15, -0.1) is 0 Å². The van der Waals surface area contributed by atoms with Crippen LogP contribution in [0.15, 0.2) is 29.2 Å². The predicted molar refractivity (Wildman–Crippen MR) is 69.2 cm³/mol. The Labute approximate surface area is 109 Å². The van der Waals surface area contributed by atoms with Crippen molar-refractivity contribution in [1.29, 1.82) is 5.26 Å². The van der Waals surface area contributed by atoms with Gasteiger partial charge >= 0.3 is 0 Å². The first-order valence-corrected chi connectivity index (χ1v) is 7.38. The molecule has 0 N–H and O–H groups in total. The molecule has 1 aliphatic carbocycles. The smallest absolute Gasteiger partial charge is 0.0668 e. The highest BCUT2D eigenvalue weighted by Gasteiger charge is 2.31. The maximum Gasteiger partial charge on any atom is 0.0668 e. The van der Waals surface area contributed by atoms with E-state index in [-0.39, 0.29) is 11.2 Å². The monoisotopic (exact) mass is 267 g/mol. The fourth-order valence-electron chi connectivity index (χ4n) is 2.27. The van der Waals surface area contributed by atoms with E-state index in [9.17, 15) is 4.21 Å². The molecule has 1 saturated carbocycles. The molecule has 90 valence electrons. The lowest BCUT2D eigenvalue weighted by Crippen LogP contribution is -2.28. The molecule has 3 atom stereocenters. The maximum atomic E-state index is 12.5. The van der Waals surface area contributed by atoms with Crippen LogP contribution in [0.5, 0.6) is 0 Å². The fraction of sp³-hybridized carbons (Fsp3) is 0.462. The molecule has 1 aromatic carbocycles. The lowest BCUT2D eigenvalue weighted by atomic mass is 9.90. The molecule has 0 spiro atoms. The summed E-state index contributed by atoms with van der Waals surface area (Å²) in [7, 11) is -1.17. The average Bonchev–Trinajstić information content (AvgIpc) is 2.38. The molecule has 0 radical (unpaired) electrons. The molecule has 0 heterocycles. The van der Waals surface area contributed by atoms with Crippen molar-refractivity contribution in [1.82, 2.24) is 0 Å². The van der Waals surface area contributed by atoms with Crippen LogP contribution in [0.2, 0.25) is 5.02 Å². The van der Waals surface area contributed by atoms with Crippen LogP contribution in [0.4, 0.5) is 0 Å². The number of hydrogen-bond acceptors (Lipinski definition) is 2. The van der Waals surface area contributed by atoms with E-state index in [1.165, 1.54) is 0 Å². The van der Waals surface area contributed by atoms with Crippen molar-refractivity contribution in [3.05, 3.63) is 29.3 Å². The second-order valence-electron chi connectivity index (χ2n) is 4.29. The van der Waals surface area contributed by atoms with E-state index in [4.69, 9.17) is 16.9 Å². The largest absolute Gasteiger partial charge is 0.254 e. The third-order valence-electron chi connectivity index (χ3n) is 3.20. The first-order chi connectivity index (χ1) is 8.24. The van der Waals surface area contributed by atoms with Crippen molar-refractivity contribution >= 4 is 22.4 Å². The Kier molecular flexibility index (Phi) is 4.20. The van der Waals surface area contributed by atoms with Crippen molar-refractivity contribution in [2.75, 3.05) is 0 Å². The second kappa shape index (κ2) is 5.66. The molecule has 4 heteroatoms. The molecular formula is C13H14ClNOS. The molecule has 1 aromatic rings. The normalized spacial score (nSPS) is 26.1. The zero-order valence-electron chi connectivity index (χ0n) is 9.43. The summed E-state index contributed by atoms with van der Waals surface area (Å²) >= 11 is 6.05. The van der Waals surface area contributed by atoms with E-state index in [1.807, 2.05) is 12.1 Å². The van der Waals surface area contributed by atoms with Gasteiger partial charge in [0.2, 0.25) is 0 Å². The number of rotatable bonds is 2. The summed E-state index contributed by atoms with van der Waals surface area (Å²) in [6.45, 7) is 0. The van der Waals surface area contributed by atoms with Gasteiger partial charge in [-0.2, -0.15) is 5.26 Å². The van der Waals surface area contributed by atoms with Gasteiger partial charge in [0.05, 0.1) is 38.0 Å².